The number of hydrogen-bond acceptors (Lipinski definition) is 3. The molecule has 3 aromatic rings. The van der Waals surface area contributed by atoms with E-state index in [9.17, 15) is 9.59 Å². The van der Waals surface area contributed by atoms with Gasteiger partial charge in [0.1, 0.15) is 12.4 Å². The number of ether oxygens (including phenoxy) is 1. The lowest BCUT2D eigenvalue weighted by atomic mass is 10.1. The highest BCUT2D eigenvalue weighted by Crippen LogP contribution is 2.17. The molecular weight excluding hydrogens is 328 g/mol. The second kappa shape index (κ2) is 7.98. The Morgan fingerprint density at radius 2 is 1.62 bits per heavy atom. The normalized spacial score (nSPS) is 10.2. The van der Waals surface area contributed by atoms with Gasteiger partial charge in [0.2, 0.25) is 0 Å². The molecule has 0 aliphatic heterocycles. The average molecular weight is 346 g/mol. The summed E-state index contributed by atoms with van der Waals surface area (Å²) in [7, 11) is 0. The molecule has 0 atom stereocenters. The standard InChI is InChI=1S/C21H18N2O3/c22-20(24)18-11-4-5-12-19(18)23-21(25)16-8-6-7-15(13-16)14-26-17-9-2-1-3-10-17/h1-13H,14H2,(H2,22,24)(H,23,25). The topological polar surface area (TPSA) is 81.4 Å². The van der Waals surface area contributed by atoms with Crippen LogP contribution in [0, 0.1) is 0 Å². The lowest BCUT2D eigenvalue weighted by Gasteiger charge is -2.10. The lowest BCUT2D eigenvalue weighted by molar-refractivity contribution is 0.100. The Bertz CT molecular complexity index is 923. The van der Waals surface area contributed by atoms with Crippen molar-refractivity contribution in [3.63, 3.8) is 0 Å². The maximum atomic E-state index is 12.5. The van der Waals surface area contributed by atoms with Crippen molar-refractivity contribution in [2.75, 3.05) is 5.32 Å². The van der Waals surface area contributed by atoms with Gasteiger partial charge in [-0.25, -0.2) is 0 Å². The van der Waals surface area contributed by atoms with E-state index in [2.05, 4.69) is 5.32 Å². The number of carbonyl (C=O) groups is 2. The maximum absolute atomic E-state index is 12.5. The zero-order valence-electron chi connectivity index (χ0n) is 14.0. The van der Waals surface area contributed by atoms with Gasteiger partial charge >= 0.3 is 0 Å². The number of benzene rings is 3. The molecule has 5 nitrogen and oxygen atoms in total. The van der Waals surface area contributed by atoms with Crippen molar-refractivity contribution in [3.8, 4) is 5.75 Å². The van der Waals surface area contributed by atoms with Crippen LogP contribution in [-0.4, -0.2) is 11.8 Å². The van der Waals surface area contributed by atoms with Gasteiger partial charge in [0.15, 0.2) is 0 Å². The molecule has 0 unspecified atom stereocenters. The predicted octanol–water partition coefficient (Wildman–Crippen LogP) is 3.62. The fourth-order valence-corrected chi connectivity index (χ4v) is 2.49. The van der Waals surface area contributed by atoms with Crippen molar-refractivity contribution < 1.29 is 14.3 Å². The number of nitrogens with two attached hydrogens (primary N) is 1. The van der Waals surface area contributed by atoms with E-state index in [4.69, 9.17) is 10.5 Å². The molecule has 2 amide bonds. The van der Waals surface area contributed by atoms with Crippen LogP contribution >= 0.6 is 0 Å². The van der Waals surface area contributed by atoms with E-state index in [0.717, 1.165) is 11.3 Å². The zero-order valence-corrected chi connectivity index (χ0v) is 14.0. The molecule has 0 bridgehead atoms. The molecular formula is C21H18N2O3. The molecule has 0 aliphatic rings. The van der Waals surface area contributed by atoms with Crippen LogP contribution in [-0.2, 0) is 6.61 Å². The molecule has 130 valence electrons. The van der Waals surface area contributed by atoms with Crippen LogP contribution in [0.4, 0.5) is 5.69 Å². The van der Waals surface area contributed by atoms with Crippen LogP contribution in [0.25, 0.3) is 0 Å². The van der Waals surface area contributed by atoms with Crippen molar-refractivity contribution in [1.29, 1.82) is 0 Å². The number of amides is 2. The van der Waals surface area contributed by atoms with E-state index >= 15 is 0 Å². The summed E-state index contributed by atoms with van der Waals surface area (Å²) in [5.74, 6) is -0.149. The summed E-state index contributed by atoms with van der Waals surface area (Å²) in [5, 5.41) is 2.73. The molecule has 0 saturated carbocycles. The van der Waals surface area contributed by atoms with Gasteiger partial charge in [-0.1, -0.05) is 42.5 Å². The molecule has 0 spiro atoms. The minimum absolute atomic E-state index is 0.268. The second-order valence-corrected chi connectivity index (χ2v) is 5.67. The van der Waals surface area contributed by atoms with E-state index in [-0.39, 0.29) is 11.5 Å². The highest BCUT2D eigenvalue weighted by molar-refractivity contribution is 6.08. The van der Waals surface area contributed by atoms with Crippen molar-refractivity contribution in [1.82, 2.24) is 0 Å². The van der Waals surface area contributed by atoms with E-state index in [0.29, 0.717) is 17.9 Å². The van der Waals surface area contributed by atoms with Crippen LogP contribution in [0.2, 0.25) is 0 Å². The molecule has 0 radical (unpaired) electrons. The van der Waals surface area contributed by atoms with Crippen LogP contribution in [0.3, 0.4) is 0 Å². The Labute approximate surface area is 151 Å². The zero-order chi connectivity index (χ0) is 18.4. The molecule has 0 aliphatic carbocycles. The quantitative estimate of drug-likeness (QED) is 0.715. The molecule has 0 fully saturated rings. The van der Waals surface area contributed by atoms with E-state index in [1.54, 1.807) is 42.5 Å². The highest BCUT2D eigenvalue weighted by Gasteiger charge is 2.12. The Kier molecular flexibility index (Phi) is 5.29. The highest BCUT2D eigenvalue weighted by atomic mass is 16.5. The molecule has 3 N–H and O–H groups in total. The third kappa shape index (κ3) is 4.27. The number of nitrogens with one attached hydrogen (secondary N) is 1. The molecule has 3 rings (SSSR count). The van der Waals surface area contributed by atoms with E-state index in [1.165, 1.54) is 0 Å². The first-order valence-corrected chi connectivity index (χ1v) is 8.10. The molecule has 0 heterocycles. The summed E-state index contributed by atoms with van der Waals surface area (Å²) in [4.78, 5) is 24.0. The van der Waals surface area contributed by atoms with Crippen molar-refractivity contribution in [2.24, 2.45) is 5.73 Å². The molecule has 3 aromatic carbocycles. The summed E-state index contributed by atoms with van der Waals surface area (Å²) in [5.41, 5.74) is 7.33. The number of primary amides is 1. The summed E-state index contributed by atoms with van der Waals surface area (Å²) in [6, 6.07) is 23.2. The van der Waals surface area contributed by atoms with Crippen molar-refractivity contribution in [3.05, 3.63) is 95.6 Å². The van der Waals surface area contributed by atoms with Crippen LogP contribution in [0.1, 0.15) is 26.3 Å². The fourth-order valence-electron chi connectivity index (χ4n) is 2.49. The monoisotopic (exact) mass is 346 g/mol. The van der Waals surface area contributed by atoms with Gasteiger partial charge in [0.25, 0.3) is 11.8 Å². The van der Waals surface area contributed by atoms with E-state index in [1.807, 2.05) is 36.4 Å². The molecule has 0 aromatic heterocycles. The SMILES string of the molecule is NC(=O)c1ccccc1NC(=O)c1cccc(COc2ccccc2)c1. The largest absolute Gasteiger partial charge is 0.489 e. The molecule has 0 saturated heterocycles. The summed E-state index contributed by atoms with van der Waals surface area (Å²) >= 11 is 0. The minimum Gasteiger partial charge on any atom is -0.489 e. The lowest BCUT2D eigenvalue weighted by Crippen LogP contribution is -2.18. The minimum atomic E-state index is -0.592. The smallest absolute Gasteiger partial charge is 0.255 e. The third-order valence-electron chi connectivity index (χ3n) is 3.78. The van der Waals surface area contributed by atoms with Gasteiger partial charge < -0.3 is 15.8 Å². The van der Waals surface area contributed by atoms with Crippen LogP contribution < -0.4 is 15.8 Å². The first-order valence-electron chi connectivity index (χ1n) is 8.10. The average Bonchev–Trinajstić information content (AvgIpc) is 2.67. The first kappa shape index (κ1) is 17.2. The van der Waals surface area contributed by atoms with Crippen LogP contribution in [0.5, 0.6) is 5.75 Å². The number of rotatable bonds is 6. The Hall–Kier alpha value is -3.60. The van der Waals surface area contributed by atoms with Gasteiger partial charge in [-0.05, 0) is 42.0 Å². The Morgan fingerprint density at radius 3 is 2.38 bits per heavy atom. The maximum Gasteiger partial charge on any atom is 0.255 e. The van der Waals surface area contributed by atoms with Gasteiger partial charge in [-0.2, -0.15) is 0 Å². The third-order valence-corrected chi connectivity index (χ3v) is 3.78. The van der Waals surface area contributed by atoms with Gasteiger partial charge in [-0.15, -0.1) is 0 Å². The fraction of sp³-hybridized carbons (Fsp3) is 0.0476. The summed E-state index contributed by atoms with van der Waals surface area (Å²) < 4.78 is 5.70. The Balaban J connectivity index is 1.71. The number of para-hydroxylation sites is 2. The molecule has 26 heavy (non-hydrogen) atoms. The second-order valence-electron chi connectivity index (χ2n) is 5.67. The number of hydrogen-bond donors (Lipinski definition) is 2. The summed E-state index contributed by atoms with van der Waals surface area (Å²) in [6.45, 7) is 0.350. The van der Waals surface area contributed by atoms with E-state index < -0.39 is 5.91 Å². The Morgan fingerprint density at radius 1 is 0.885 bits per heavy atom. The summed E-state index contributed by atoms with van der Waals surface area (Å²) in [6.07, 6.45) is 0. The number of anilines is 1. The molecule has 5 heteroatoms. The van der Waals surface area contributed by atoms with Crippen LogP contribution in [0.15, 0.2) is 78.9 Å². The van der Waals surface area contributed by atoms with Crippen molar-refractivity contribution >= 4 is 17.5 Å². The number of carbonyl (C=O) groups excluding carboxylic acids is 2. The van der Waals surface area contributed by atoms with Gasteiger partial charge in [0, 0.05) is 5.56 Å². The van der Waals surface area contributed by atoms with Crippen molar-refractivity contribution in [2.45, 2.75) is 6.61 Å². The predicted molar refractivity (Wildman–Crippen MR) is 100 cm³/mol. The first-order chi connectivity index (χ1) is 12.6. The van der Waals surface area contributed by atoms with Gasteiger partial charge in [-0.3, -0.25) is 9.59 Å². The van der Waals surface area contributed by atoms with Gasteiger partial charge in [0.05, 0.1) is 11.3 Å².